The number of nitrogens with zero attached hydrogens (tertiary/aromatic N) is 1. The molecule has 1 aliphatic heterocycles. The van der Waals surface area contributed by atoms with E-state index in [1.807, 2.05) is 16.7 Å². The summed E-state index contributed by atoms with van der Waals surface area (Å²) in [5, 5.41) is 0. The van der Waals surface area contributed by atoms with E-state index in [4.69, 9.17) is 5.73 Å². The van der Waals surface area contributed by atoms with Gasteiger partial charge in [0.05, 0.1) is 5.92 Å². The molecule has 0 aromatic carbocycles. The highest BCUT2D eigenvalue weighted by atomic mass is 32.2. The van der Waals surface area contributed by atoms with E-state index < -0.39 is 0 Å². The first-order chi connectivity index (χ1) is 6.66. The van der Waals surface area contributed by atoms with Crippen LogP contribution in [0.25, 0.3) is 0 Å². The van der Waals surface area contributed by atoms with Gasteiger partial charge in [0.2, 0.25) is 5.91 Å². The van der Waals surface area contributed by atoms with E-state index in [1.165, 1.54) is 0 Å². The van der Waals surface area contributed by atoms with Gasteiger partial charge in [0.25, 0.3) is 0 Å². The third-order valence-corrected chi connectivity index (χ3v) is 3.64. The summed E-state index contributed by atoms with van der Waals surface area (Å²) >= 11 is 1.92. The van der Waals surface area contributed by atoms with E-state index in [0.717, 1.165) is 24.6 Å². The van der Waals surface area contributed by atoms with Gasteiger partial charge in [-0.1, -0.05) is 13.8 Å². The second-order valence-electron chi connectivity index (χ2n) is 4.02. The number of rotatable bonds is 3. The molecule has 0 radical (unpaired) electrons. The van der Waals surface area contributed by atoms with E-state index in [9.17, 15) is 4.79 Å². The van der Waals surface area contributed by atoms with Crippen molar-refractivity contribution in [3.05, 3.63) is 0 Å². The maximum absolute atomic E-state index is 12.0. The molecule has 82 valence electrons. The van der Waals surface area contributed by atoms with Gasteiger partial charge in [0, 0.05) is 31.1 Å². The van der Waals surface area contributed by atoms with Crippen LogP contribution in [0, 0.1) is 11.8 Å². The summed E-state index contributed by atoms with van der Waals surface area (Å²) in [5.41, 5.74) is 5.63. The fourth-order valence-corrected chi connectivity index (χ4v) is 2.58. The van der Waals surface area contributed by atoms with Gasteiger partial charge in [-0.05, 0) is 5.92 Å². The first kappa shape index (κ1) is 11.9. The summed E-state index contributed by atoms with van der Waals surface area (Å²) in [7, 11) is 0. The molecule has 1 rings (SSSR count). The maximum atomic E-state index is 12.0. The third kappa shape index (κ3) is 2.89. The average Bonchev–Trinajstić information content (AvgIpc) is 2.19. The fraction of sp³-hybridized carbons (Fsp3) is 0.900. The van der Waals surface area contributed by atoms with E-state index >= 15 is 0 Å². The minimum atomic E-state index is 0.0121. The number of thioether (sulfide) groups is 1. The summed E-state index contributed by atoms with van der Waals surface area (Å²) < 4.78 is 0. The van der Waals surface area contributed by atoms with Crippen LogP contribution in [0.2, 0.25) is 0 Å². The van der Waals surface area contributed by atoms with Crippen LogP contribution < -0.4 is 5.73 Å². The van der Waals surface area contributed by atoms with Crippen LogP contribution in [-0.2, 0) is 4.79 Å². The van der Waals surface area contributed by atoms with Gasteiger partial charge in [-0.3, -0.25) is 4.79 Å². The predicted octanol–water partition coefficient (Wildman–Crippen LogP) is 0.793. The highest BCUT2D eigenvalue weighted by molar-refractivity contribution is 7.99. The summed E-state index contributed by atoms with van der Waals surface area (Å²) in [4.78, 5) is 14.0. The molecule has 1 saturated heterocycles. The molecule has 3 nitrogen and oxygen atoms in total. The Morgan fingerprint density at radius 2 is 2.00 bits per heavy atom. The Morgan fingerprint density at radius 1 is 1.43 bits per heavy atom. The molecule has 2 N–H and O–H groups in total. The molecule has 0 saturated carbocycles. The highest BCUT2D eigenvalue weighted by Crippen LogP contribution is 2.16. The van der Waals surface area contributed by atoms with Crippen molar-refractivity contribution in [3.63, 3.8) is 0 Å². The molecule has 1 fully saturated rings. The smallest absolute Gasteiger partial charge is 0.227 e. The van der Waals surface area contributed by atoms with Crippen molar-refractivity contribution < 1.29 is 4.79 Å². The van der Waals surface area contributed by atoms with Crippen molar-refractivity contribution >= 4 is 17.7 Å². The molecular weight excluding hydrogens is 196 g/mol. The first-order valence-corrected chi connectivity index (χ1v) is 6.39. The summed E-state index contributed by atoms with van der Waals surface area (Å²) in [6, 6.07) is 0. The Bertz CT molecular complexity index is 191. The standard InChI is InChI=1S/C10H20N2OS/c1-8(2)9(7-11)10(13)12-3-5-14-6-4-12/h8-9H,3-7,11H2,1-2H3. The third-order valence-electron chi connectivity index (χ3n) is 2.70. The Hall–Kier alpha value is -0.220. The molecule has 0 aliphatic carbocycles. The van der Waals surface area contributed by atoms with Crippen LogP contribution in [0.15, 0.2) is 0 Å². The Morgan fingerprint density at radius 3 is 2.43 bits per heavy atom. The Kier molecular flexibility index (Phi) is 4.75. The van der Waals surface area contributed by atoms with Crippen molar-refractivity contribution in [3.8, 4) is 0 Å². The SMILES string of the molecule is CC(C)C(CN)C(=O)N1CCSCC1. The van der Waals surface area contributed by atoms with Crippen LogP contribution in [-0.4, -0.2) is 41.9 Å². The predicted molar refractivity (Wildman–Crippen MR) is 61.3 cm³/mol. The van der Waals surface area contributed by atoms with Crippen LogP contribution >= 0.6 is 11.8 Å². The number of amides is 1. The van der Waals surface area contributed by atoms with Crippen molar-refractivity contribution in [2.45, 2.75) is 13.8 Å². The highest BCUT2D eigenvalue weighted by Gasteiger charge is 2.26. The van der Waals surface area contributed by atoms with Gasteiger partial charge in [0.1, 0.15) is 0 Å². The summed E-state index contributed by atoms with van der Waals surface area (Å²) in [5.74, 6) is 2.75. The van der Waals surface area contributed by atoms with Gasteiger partial charge < -0.3 is 10.6 Å². The zero-order chi connectivity index (χ0) is 10.6. The van der Waals surface area contributed by atoms with Crippen molar-refractivity contribution in [2.75, 3.05) is 31.1 Å². The van der Waals surface area contributed by atoms with E-state index in [1.54, 1.807) is 0 Å². The minimum Gasteiger partial charge on any atom is -0.341 e. The van der Waals surface area contributed by atoms with Crippen molar-refractivity contribution in [1.29, 1.82) is 0 Å². The lowest BCUT2D eigenvalue weighted by Crippen LogP contribution is -2.45. The summed E-state index contributed by atoms with van der Waals surface area (Å²) in [6.45, 7) is 6.39. The molecule has 0 aromatic heterocycles. The Balaban J connectivity index is 2.52. The van der Waals surface area contributed by atoms with Gasteiger partial charge in [-0.2, -0.15) is 11.8 Å². The van der Waals surface area contributed by atoms with Crippen LogP contribution in [0.3, 0.4) is 0 Å². The largest absolute Gasteiger partial charge is 0.341 e. The Labute approximate surface area is 90.4 Å². The lowest BCUT2D eigenvalue weighted by Gasteiger charge is -2.31. The number of hydrogen-bond donors (Lipinski definition) is 1. The van der Waals surface area contributed by atoms with E-state index in [2.05, 4.69) is 13.8 Å². The number of carbonyl (C=O) groups excluding carboxylic acids is 1. The zero-order valence-corrected chi connectivity index (χ0v) is 9.85. The maximum Gasteiger partial charge on any atom is 0.227 e. The van der Waals surface area contributed by atoms with E-state index in [0.29, 0.717) is 12.5 Å². The van der Waals surface area contributed by atoms with Gasteiger partial charge >= 0.3 is 0 Å². The molecule has 0 spiro atoms. The van der Waals surface area contributed by atoms with E-state index in [-0.39, 0.29) is 11.8 Å². The number of hydrogen-bond acceptors (Lipinski definition) is 3. The monoisotopic (exact) mass is 216 g/mol. The average molecular weight is 216 g/mol. The van der Waals surface area contributed by atoms with Crippen molar-refractivity contribution in [1.82, 2.24) is 4.90 Å². The molecule has 1 aliphatic rings. The second-order valence-corrected chi connectivity index (χ2v) is 5.25. The first-order valence-electron chi connectivity index (χ1n) is 5.23. The lowest BCUT2D eigenvalue weighted by molar-refractivity contribution is -0.136. The van der Waals surface area contributed by atoms with Gasteiger partial charge in [-0.15, -0.1) is 0 Å². The molecule has 1 unspecified atom stereocenters. The summed E-state index contributed by atoms with van der Waals surface area (Å²) in [6.07, 6.45) is 0. The van der Waals surface area contributed by atoms with Crippen LogP contribution in [0.4, 0.5) is 0 Å². The molecular formula is C10H20N2OS. The molecule has 0 bridgehead atoms. The minimum absolute atomic E-state index is 0.0121. The van der Waals surface area contributed by atoms with Crippen LogP contribution in [0.5, 0.6) is 0 Å². The fourth-order valence-electron chi connectivity index (χ4n) is 1.68. The number of carbonyl (C=O) groups is 1. The quantitative estimate of drug-likeness (QED) is 0.759. The number of nitrogens with two attached hydrogens (primary N) is 1. The van der Waals surface area contributed by atoms with Gasteiger partial charge in [-0.25, -0.2) is 0 Å². The lowest BCUT2D eigenvalue weighted by atomic mass is 9.94. The molecule has 1 amide bonds. The molecule has 1 atom stereocenters. The topological polar surface area (TPSA) is 46.3 Å². The second kappa shape index (κ2) is 5.61. The molecule has 14 heavy (non-hydrogen) atoms. The molecule has 1 heterocycles. The van der Waals surface area contributed by atoms with Gasteiger partial charge in [0.15, 0.2) is 0 Å². The molecule has 4 heteroatoms. The molecule has 0 aromatic rings. The van der Waals surface area contributed by atoms with Crippen molar-refractivity contribution in [2.24, 2.45) is 17.6 Å². The normalized spacial score (nSPS) is 19.9. The zero-order valence-electron chi connectivity index (χ0n) is 9.03. The van der Waals surface area contributed by atoms with Crippen LogP contribution in [0.1, 0.15) is 13.8 Å².